The van der Waals surface area contributed by atoms with Crippen LogP contribution in [0.15, 0.2) is 36.7 Å². The van der Waals surface area contributed by atoms with E-state index in [2.05, 4.69) is 10.2 Å². The first-order valence-electron chi connectivity index (χ1n) is 3.89. The average Bonchev–Trinajstić information content (AvgIpc) is 2.71. The fraction of sp³-hybridized carbons (Fsp3) is 0. The second-order valence-corrected chi connectivity index (χ2v) is 2.38. The van der Waals surface area contributed by atoms with E-state index in [0.717, 1.165) is 0 Å². The monoisotopic (exact) mass is 207 g/mol. The van der Waals surface area contributed by atoms with Crippen molar-refractivity contribution >= 4 is 6.15 Å². The van der Waals surface area contributed by atoms with E-state index in [1.807, 2.05) is 0 Å². The molecule has 0 fully saturated rings. The molecule has 2 rings (SSSR count). The molecule has 2 aromatic rings. The zero-order valence-corrected chi connectivity index (χ0v) is 7.50. The Bertz CT molecular complexity index is 450. The highest BCUT2D eigenvalue weighted by atomic mass is 19.1. The van der Waals surface area contributed by atoms with E-state index in [1.54, 1.807) is 24.5 Å². The van der Waals surface area contributed by atoms with E-state index < -0.39 is 0 Å². The van der Waals surface area contributed by atoms with Crippen LogP contribution < -0.4 is 0 Å². The summed E-state index contributed by atoms with van der Waals surface area (Å²) in [6.07, 6.45) is 3.34. The highest BCUT2D eigenvalue weighted by molar-refractivity contribution is 5.29. The molecular weight excluding hydrogens is 201 g/mol. The van der Waals surface area contributed by atoms with Crippen LogP contribution in [0.3, 0.4) is 0 Å². The molecule has 0 N–H and O–H groups in total. The molecule has 0 radical (unpaired) electrons. The summed E-state index contributed by atoms with van der Waals surface area (Å²) in [5.74, 6) is -0.287. The van der Waals surface area contributed by atoms with Crippen molar-refractivity contribution < 1.29 is 14.0 Å². The van der Waals surface area contributed by atoms with Crippen molar-refractivity contribution in [3.05, 3.63) is 42.5 Å². The molecule has 0 atom stereocenters. The SMILES string of the molecule is Fc1cccc(-n2nccn2)c1.O=C=O. The lowest BCUT2D eigenvalue weighted by molar-refractivity contribution is -0.191. The van der Waals surface area contributed by atoms with Gasteiger partial charge in [-0.05, 0) is 12.1 Å². The molecule has 1 aromatic heterocycles. The van der Waals surface area contributed by atoms with Crippen LogP contribution in [-0.4, -0.2) is 21.1 Å². The van der Waals surface area contributed by atoms with Crippen LogP contribution in [0.1, 0.15) is 0 Å². The lowest BCUT2D eigenvalue weighted by atomic mass is 10.3. The second-order valence-electron chi connectivity index (χ2n) is 2.38. The lowest BCUT2D eigenvalue weighted by Crippen LogP contribution is -1.97. The normalized spacial score (nSPS) is 8.60. The smallest absolute Gasteiger partial charge is 0.207 e. The molecular formula is C9H6FN3O2. The zero-order chi connectivity index (χ0) is 11.1. The highest BCUT2D eigenvalue weighted by Crippen LogP contribution is 2.05. The van der Waals surface area contributed by atoms with Crippen LogP contribution in [0.25, 0.3) is 5.69 Å². The van der Waals surface area contributed by atoms with E-state index in [0.29, 0.717) is 5.69 Å². The maximum absolute atomic E-state index is 12.7. The molecule has 0 bridgehead atoms. The minimum atomic E-state index is -0.287. The van der Waals surface area contributed by atoms with Crippen molar-refractivity contribution in [2.24, 2.45) is 0 Å². The van der Waals surface area contributed by atoms with Gasteiger partial charge in [-0.3, -0.25) is 0 Å². The number of hydrogen-bond acceptors (Lipinski definition) is 4. The van der Waals surface area contributed by atoms with Gasteiger partial charge in [-0.25, -0.2) is 4.39 Å². The summed E-state index contributed by atoms with van der Waals surface area (Å²) < 4.78 is 12.7. The van der Waals surface area contributed by atoms with Crippen LogP contribution in [0.2, 0.25) is 0 Å². The summed E-state index contributed by atoms with van der Waals surface area (Å²) in [6, 6.07) is 6.12. The van der Waals surface area contributed by atoms with Gasteiger partial charge in [0.2, 0.25) is 0 Å². The molecule has 0 aliphatic heterocycles. The third-order valence-corrected chi connectivity index (χ3v) is 1.46. The average molecular weight is 207 g/mol. The number of halogens is 1. The summed E-state index contributed by atoms with van der Waals surface area (Å²) in [5.41, 5.74) is 0.625. The molecule has 0 spiro atoms. The van der Waals surface area contributed by atoms with Gasteiger partial charge in [0.15, 0.2) is 0 Å². The Hall–Kier alpha value is -2.33. The van der Waals surface area contributed by atoms with E-state index in [1.165, 1.54) is 16.9 Å². The molecule has 0 aliphatic rings. The Morgan fingerprint density at radius 2 is 1.80 bits per heavy atom. The van der Waals surface area contributed by atoms with E-state index in [9.17, 15) is 4.39 Å². The van der Waals surface area contributed by atoms with E-state index in [4.69, 9.17) is 9.59 Å². The van der Waals surface area contributed by atoms with Gasteiger partial charge in [0.05, 0.1) is 18.1 Å². The van der Waals surface area contributed by atoms with Gasteiger partial charge in [0, 0.05) is 6.07 Å². The number of nitrogens with zero attached hydrogens (tertiary/aromatic N) is 3. The Morgan fingerprint density at radius 1 is 1.20 bits per heavy atom. The van der Waals surface area contributed by atoms with Crippen LogP contribution in [0.4, 0.5) is 4.39 Å². The summed E-state index contributed by atoms with van der Waals surface area (Å²) in [5, 5.41) is 7.73. The van der Waals surface area contributed by atoms with Crippen LogP contribution in [0.5, 0.6) is 0 Å². The van der Waals surface area contributed by atoms with Crippen LogP contribution in [0, 0.1) is 5.82 Å². The van der Waals surface area contributed by atoms with E-state index in [-0.39, 0.29) is 12.0 Å². The maximum Gasteiger partial charge on any atom is 0.373 e. The van der Waals surface area contributed by atoms with E-state index >= 15 is 0 Å². The summed E-state index contributed by atoms with van der Waals surface area (Å²) in [4.78, 5) is 17.6. The Morgan fingerprint density at radius 3 is 2.33 bits per heavy atom. The number of hydrogen-bond donors (Lipinski definition) is 0. The highest BCUT2D eigenvalue weighted by Gasteiger charge is 1.97. The van der Waals surface area contributed by atoms with Gasteiger partial charge in [-0.1, -0.05) is 6.07 Å². The molecule has 0 amide bonds. The van der Waals surface area contributed by atoms with Crippen molar-refractivity contribution in [3.8, 4) is 5.69 Å². The molecule has 76 valence electrons. The van der Waals surface area contributed by atoms with Gasteiger partial charge >= 0.3 is 6.15 Å². The van der Waals surface area contributed by atoms with Gasteiger partial charge < -0.3 is 0 Å². The number of aromatic nitrogens is 3. The quantitative estimate of drug-likeness (QED) is 0.694. The van der Waals surface area contributed by atoms with Crippen LogP contribution >= 0.6 is 0 Å². The van der Waals surface area contributed by atoms with Crippen LogP contribution in [-0.2, 0) is 9.59 Å². The minimum Gasteiger partial charge on any atom is -0.207 e. The molecule has 15 heavy (non-hydrogen) atoms. The fourth-order valence-corrected chi connectivity index (χ4v) is 0.950. The van der Waals surface area contributed by atoms with Crippen molar-refractivity contribution in [2.75, 3.05) is 0 Å². The molecule has 5 nitrogen and oxygen atoms in total. The molecule has 0 aliphatic carbocycles. The predicted molar refractivity (Wildman–Crippen MR) is 46.3 cm³/mol. The third-order valence-electron chi connectivity index (χ3n) is 1.46. The topological polar surface area (TPSA) is 64.8 Å². The number of carbonyl (C=O) groups excluding carboxylic acids is 2. The summed E-state index contributed by atoms with van der Waals surface area (Å²) in [7, 11) is 0. The van der Waals surface area contributed by atoms with Gasteiger partial charge in [-0.2, -0.15) is 24.6 Å². The predicted octanol–water partition coefficient (Wildman–Crippen LogP) is 0.823. The molecule has 1 heterocycles. The van der Waals surface area contributed by atoms with Crippen molar-refractivity contribution in [1.82, 2.24) is 15.0 Å². The number of benzene rings is 1. The van der Waals surface area contributed by atoms with Crippen molar-refractivity contribution in [1.29, 1.82) is 0 Å². The fourth-order valence-electron chi connectivity index (χ4n) is 0.950. The largest absolute Gasteiger partial charge is 0.373 e. The Kier molecular flexibility index (Phi) is 3.88. The van der Waals surface area contributed by atoms with Crippen molar-refractivity contribution in [2.45, 2.75) is 0 Å². The molecule has 0 unspecified atom stereocenters. The van der Waals surface area contributed by atoms with Crippen molar-refractivity contribution in [3.63, 3.8) is 0 Å². The molecule has 0 saturated carbocycles. The zero-order valence-electron chi connectivity index (χ0n) is 7.50. The Balaban J connectivity index is 0.000000337. The first kappa shape index (κ1) is 10.7. The first-order valence-corrected chi connectivity index (χ1v) is 3.89. The standard InChI is InChI=1S/C8H6FN3.CO2/c9-7-2-1-3-8(6-7)12-10-4-5-11-12;2-1-3/h1-6H;. The minimum absolute atomic E-state index is 0.250. The summed E-state index contributed by atoms with van der Waals surface area (Å²) >= 11 is 0. The molecule has 1 aromatic carbocycles. The second kappa shape index (κ2) is 5.41. The molecule has 0 saturated heterocycles. The van der Waals surface area contributed by atoms with Gasteiger partial charge in [0.25, 0.3) is 0 Å². The van der Waals surface area contributed by atoms with Gasteiger partial charge in [-0.15, -0.1) is 0 Å². The summed E-state index contributed by atoms with van der Waals surface area (Å²) in [6.45, 7) is 0. The Labute approximate surface area is 84.1 Å². The number of rotatable bonds is 1. The van der Waals surface area contributed by atoms with Gasteiger partial charge in [0.1, 0.15) is 5.82 Å². The lowest BCUT2D eigenvalue weighted by Gasteiger charge is -1.97. The third kappa shape index (κ3) is 3.13. The molecule has 6 heteroatoms. The first-order chi connectivity index (χ1) is 7.27. The maximum atomic E-state index is 12.7.